The van der Waals surface area contributed by atoms with Gasteiger partial charge in [0.2, 0.25) is 5.91 Å². The molecule has 2 N–H and O–H groups in total. The van der Waals surface area contributed by atoms with Crippen LogP contribution in [0.2, 0.25) is 0 Å². The van der Waals surface area contributed by atoms with Gasteiger partial charge in [-0.25, -0.2) is 4.79 Å². The van der Waals surface area contributed by atoms with Crippen molar-refractivity contribution in [2.45, 2.75) is 46.2 Å². The summed E-state index contributed by atoms with van der Waals surface area (Å²) in [7, 11) is 1.39. The maximum Gasteiger partial charge on any atom is 0.339 e. The molecular formula is C32H33N5O3S. The molecule has 1 fully saturated rings. The van der Waals surface area contributed by atoms with E-state index in [1.54, 1.807) is 12.3 Å². The summed E-state index contributed by atoms with van der Waals surface area (Å²) in [5.74, 6) is -0.427. The van der Waals surface area contributed by atoms with Gasteiger partial charge in [0.25, 0.3) is 0 Å². The van der Waals surface area contributed by atoms with E-state index >= 15 is 0 Å². The van der Waals surface area contributed by atoms with Gasteiger partial charge in [0, 0.05) is 35.4 Å². The first-order chi connectivity index (χ1) is 19.7. The molecule has 0 spiro atoms. The summed E-state index contributed by atoms with van der Waals surface area (Å²) in [5.41, 5.74) is 7.71. The zero-order chi connectivity index (χ0) is 29.3. The smallest absolute Gasteiger partial charge is 0.339 e. The number of para-hydroxylation sites is 1. The Hall–Kier alpha value is -4.50. The molecule has 210 valence electrons. The fourth-order valence-electron chi connectivity index (χ4n) is 5.53. The van der Waals surface area contributed by atoms with Crippen LogP contribution in [0, 0.1) is 20.8 Å². The van der Waals surface area contributed by atoms with Crippen molar-refractivity contribution in [2.75, 3.05) is 17.3 Å². The number of carbonyl (C=O) groups is 2. The molecule has 1 aliphatic rings. The Balaban J connectivity index is 1.66. The number of methoxy groups -OCH3 is 1. The topological polar surface area (TPSA) is 88.5 Å². The van der Waals surface area contributed by atoms with Gasteiger partial charge >= 0.3 is 5.97 Å². The van der Waals surface area contributed by atoms with Gasteiger partial charge in [-0.15, -0.1) is 0 Å². The number of pyridine rings is 1. The molecule has 9 heteroatoms. The van der Waals surface area contributed by atoms with Gasteiger partial charge in [-0.3, -0.25) is 9.78 Å². The quantitative estimate of drug-likeness (QED) is 0.206. The molecule has 5 rings (SSSR count). The highest BCUT2D eigenvalue weighted by Gasteiger charge is 2.42. The average molecular weight is 568 g/mol. The monoisotopic (exact) mass is 567 g/mol. The van der Waals surface area contributed by atoms with Crippen molar-refractivity contribution in [3.8, 4) is 5.69 Å². The third-order valence-corrected chi connectivity index (χ3v) is 7.84. The van der Waals surface area contributed by atoms with Crippen LogP contribution in [0.5, 0.6) is 0 Å². The minimum Gasteiger partial charge on any atom is -0.465 e. The Kier molecular flexibility index (Phi) is 7.90. The number of nitrogens with one attached hydrogen (secondary N) is 2. The van der Waals surface area contributed by atoms with Crippen LogP contribution < -0.4 is 15.5 Å². The lowest BCUT2D eigenvalue weighted by Crippen LogP contribution is -2.29. The van der Waals surface area contributed by atoms with Crippen LogP contribution in [0.1, 0.15) is 64.0 Å². The van der Waals surface area contributed by atoms with Crippen LogP contribution in [0.4, 0.5) is 11.4 Å². The fourth-order valence-corrected chi connectivity index (χ4v) is 5.88. The van der Waals surface area contributed by atoms with Gasteiger partial charge in [0.15, 0.2) is 5.11 Å². The van der Waals surface area contributed by atoms with Crippen molar-refractivity contribution in [3.63, 3.8) is 0 Å². The second-order valence-electron chi connectivity index (χ2n) is 10.1. The zero-order valence-corrected chi connectivity index (χ0v) is 24.6. The first-order valence-corrected chi connectivity index (χ1v) is 13.9. The number of carbonyl (C=O) groups excluding carboxylic acids is 2. The van der Waals surface area contributed by atoms with E-state index in [1.165, 1.54) is 7.11 Å². The van der Waals surface area contributed by atoms with E-state index in [0.717, 1.165) is 45.3 Å². The first-order valence-electron chi connectivity index (χ1n) is 13.5. The molecule has 0 saturated carbocycles. The number of anilines is 2. The number of aryl methyl sites for hydroxylation is 2. The Bertz CT molecular complexity index is 1630. The van der Waals surface area contributed by atoms with Crippen molar-refractivity contribution < 1.29 is 14.3 Å². The third-order valence-electron chi connectivity index (χ3n) is 7.52. The van der Waals surface area contributed by atoms with Crippen LogP contribution in [-0.4, -0.2) is 33.6 Å². The van der Waals surface area contributed by atoms with Crippen molar-refractivity contribution in [1.82, 2.24) is 14.9 Å². The van der Waals surface area contributed by atoms with Crippen LogP contribution in [0.3, 0.4) is 0 Å². The molecule has 0 radical (unpaired) electrons. The number of ether oxygens (including phenoxy) is 1. The largest absolute Gasteiger partial charge is 0.465 e. The highest BCUT2D eigenvalue weighted by Crippen LogP contribution is 2.44. The second-order valence-corrected chi connectivity index (χ2v) is 10.5. The van der Waals surface area contributed by atoms with Gasteiger partial charge in [-0.2, -0.15) is 0 Å². The number of benzene rings is 2. The molecule has 1 saturated heterocycles. The van der Waals surface area contributed by atoms with Crippen molar-refractivity contribution >= 4 is 40.6 Å². The lowest BCUT2D eigenvalue weighted by molar-refractivity contribution is -0.115. The van der Waals surface area contributed by atoms with Crippen molar-refractivity contribution in [3.05, 3.63) is 107 Å². The maximum absolute atomic E-state index is 12.7. The molecule has 0 bridgehead atoms. The van der Waals surface area contributed by atoms with Gasteiger partial charge < -0.3 is 24.8 Å². The van der Waals surface area contributed by atoms with Gasteiger partial charge in [0.1, 0.15) is 0 Å². The van der Waals surface area contributed by atoms with E-state index in [-0.39, 0.29) is 18.0 Å². The first kappa shape index (κ1) is 28.0. The summed E-state index contributed by atoms with van der Waals surface area (Å²) >= 11 is 5.94. The average Bonchev–Trinajstić information content (AvgIpc) is 3.48. The zero-order valence-electron chi connectivity index (χ0n) is 23.8. The number of thiocarbonyl (C=S) groups is 1. The van der Waals surface area contributed by atoms with Gasteiger partial charge in [0.05, 0.1) is 36.1 Å². The number of hydrogen-bond acceptors (Lipinski definition) is 5. The summed E-state index contributed by atoms with van der Waals surface area (Å²) in [4.78, 5) is 31.5. The summed E-state index contributed by atoms with van der Waals surface area (Å²) in [6.07, 6.45) is 2.19. The molecule has 4 aromatic rings. The van der Waals surface area contributed by atoms with E-state index in [4.69, 9.17) is 17.0 Å². The van der Waals surface area contributed by atoms with Crippen molar-refractivity contribution in [2.24, 2.45) is 0 Å². The Morgan fingerprint density at radius 2 is 1.80 bits per heavy atom. The standard InChI is InChI=1S/C32H33N5O3S/c1-6-28(38)34-25-15-14-22(17-19(25)2)37-30(29(35-32(37)41)26-12-9-10-16-33-26)24-18-20(3)36(21(24)4)27-13-8-7-11-23(27)31(39)40-5/h7-18,29-30H,6H2,1-5H3,(H,34,38)(H,35,41)/t29-,30+/m1/s1. The number of nitrogens with zero attached hydrogens (tertiary/aromatic N) is 3. The minimum absolute atomic E-state index is 0.0352. The predicted molar refractivity (Wildman–Crippen MR) is 165 cm³/mol. The van der Waals surface area contributed by atoms with Crippen LogP contribution in [0.25, 0.3) is 5.69 Å². The van der Waals surface area contributed by atoms with Crippen LogP contribution in [0.15, 0.2) is 72.9 Å². The highest BCUT2D eigenvalue weighted by atomic mass is 32.1. The predicted octanol–water partition coefficient (Wildman–Crippen LogP) is 6.11. The lowest BCUT2D eigenvalue weighted by Gasteiger charge is -2.29. The van der Waals surface area contributed by atoms with Gasteiger partial charge in [-0.05, 0) is 92.6 Å². The molecule has 2 atom stereocenters. The number of esters is 1. The summed E-state index contributed by atoms with van der Waals surface area (Å²) < 4.78 is 7.17. The summed E-state index contributed by atoms with van der Waals surface area (Å²) in [6.45, 7) is 7.89. The van der Waals surface area contributed by atoms with Crippen LogP contribution >= 0.6 is 12.2 Å². The van der Waals surface area contributed by atoms with E-state index in [9.17, 15) is 9.59 Å². The van der Waals surface area contributed by atoms with E-state index in [1.807, 2.05) is 75.4 Å². The Morgan fingerprint density at radius 3 is 2.49 bits per heavy atom. The molecule has 0 aliphatic carbocycles. The third kappa shape index (κ3) is 5.20. The molecule has 2 aromatic carbocycles. The SMILES string of the molecule is CCC(=O)Nc1ccc(N2C(=S)N[C@H](c3ccccn3)[C@@H]2c2cc(C)n(-c3ccccc3C(=O)OC)c2C)cc1C. The Labute approximate surface area is 245 Å². The molecule has 2 aromatic heterocycles. The molecule has 0 unspecified atom stereocenters. The summed E-state index contributed by atoms with van der Waals surface area (Å²) in [6, 6.07) is 20.9. The highest BCUT2D eigenvalue weighted by molar-refractivity contribution is 7.80. The number of hydrogen-bond donors (Lipinski definition) is 2. The molecule has 3 heterocycles. The molecule has 41 heavy (non-hydrogen) atoms. The maximum atomic E-state index is 12.7. The van der Waals surface area contributed by atoms with Crippen molar-refractivity contribution in [1.29, 1.82) is 0 Å². The number of amides is 1. The van der Waals surface area contributed by atoms with E-state index < -0.39 is 5.97 Å². The fraction of sp³-hybridized carbons (Fsp3) is 0.250. The number of aromatic nitrogens is 2. The molecule has 1 aliphatic heterocycles. The van der Waals surface area contributed by atoms with E-state index in [0.29, 0.717) is 17.1 Å². The lowest BCUT2D eigenvalue weighted by atomic mass is 9.96. The number of rotatable bonds is 7. The Morgan fingerprint density at radius 1 is 1.05 bits per heavy atom. The minimum atomic E-state index is -0.392. The molecule has 8 nitrogen and oxygen atoms in total. The second kappa shape index (κ2) is 11.5. The molecular weight excluding hydrogens is 534 g/mol. The molecule has 1 amide bonds. The van der Waals surface area contributed by atoms with Gasteiger partial charge in [-0.1, -0.05) is 25.1 Å². The van der Waals surface area contributed by atoms with Crippen LogP contribution in [-0.2, 0) is 9.53 Å². The van der Waals surface area contributed by atoms with E-state index in [2.05, 4.69) is 38.1 Å². The summed E-state index contributed by atoms with van der Waals surface area (Å²) in [5, 5.41) is 7.06. The normalized spacial score (nSPS) is 16.4.